The van der Waals surface area contributed by atoms with Crippen molar-refractivity contribution in [3.63, 3.8) is 0 Å². The monoisotopic (exact) mass is 378 g/mol. The van der Waals surface area contributed by atoms with Crippen LogP contribution in [0.15, 0.2) is 42.6 Å². The first-order valence-electron chi connectivity index (χ1n) is 9.89. The number of methoxy groups -OCH3 is 1. The number of carbonyl (C=O) groups is 1. The molecule has 2 aromatic heterocycles. The first-order chi connectivity index (χ1) is 13.7. The third kappa shape index (κ3) is 3.52. The van der Waals surface area contributed by atoms with Gasteiger partial charge in [-0.05, 0) is 42.7 Å². The van der Waals surface area contributed by atoms with Crippen molar-refractivity contribution in [1.82, 2.24) is 19.4 Å². The lowest BCUT2D eigenvalue weighted by Crippen LogP contribution is -2.28. The van der Waals surface area contributed by atoms with Crippen LogP contribution in [0.25, 0.3) is 11.2 Å². The zero-order valence-corrected chi connectivity index (χ0v) is 16.5. The van der Waals surface area contributed by atoms with Crippen molar-refractivity contribution in [3.8, 4) is 0 Å². The lowest BCUT2D eigenvalue weighted by atomic mass is 10.1. The molecule has 28 heavy (non-hydrogen) atoms. The largest absolute Gasteiger partial charge is 0.383 e. The first kappa shape index (κ1) is 18.6. The molecule has 1 aliphatic rings. The SMILES string of the molecule is CCc1ccc(C(=O)N2CC[C@H](c3nc4cccnc4n3CCOC)C2)cc1. The fourth-order valence-corrected chi connectivity index (χ4v) is 3.91. The Hall–Kier alpha value is -2.73. The standard InChI is InChI=1S/C22H26N4O2/c1-3-16-6-8-17(9-7-16)22(27)25-12-10-18(15-25)20-24-19-5-4-11-23-21(19)26(20)13-14-28-2/h4-9,11,18H,3,10,12-15H2,1-2H3/t18-/m0/s1. The van der Waals surface area contributed by atoms with E-state index in [-0.39, 0.29) is 11.8 Å². The van der Waals surface area contributed by atoms with Crippen LogP contribution in [0.3, 0.4) is 0 Å². The molecule has 1 saturated heterocycles. The summed E-state index contributed by atoms with van der Waals surface area (Å²) in [5.74, 6) is 1.31. The van der Waals surface area contributed by atoms with Crippen molar-refractivity contribution in [2.45, 2.75) is 32.2 Å². The smallest absolute Gasteiger partial charge is 0.253 e. The number of fused-ring (bicyclic) bond motifs is 1. The summed E-state index contributed by atoms with van der Waals surface area (Å²) < 4.78 is 7.42. The maximum atomic E-state index is 12.9. The van der Waals surface area contributed by atoms with Crippen molar-refractivity contribution in [2.75, 3.05) is 26.8 Å². The maximum Gasteiger partial charge on any atom is 0.253 e. The van der Waals surface area contributed by atoms with Crippen molar-refractivity contribution in [2.24, 2.45) is 0 Å². The minimum atomic E-state index is 0.0998. The predicted molar refractivity (Wildman–Crippen MR) is 108 cm³/mol. The summed E-state index contributed by atoms with van der Waals surface area (Å²) in [5, 5.41) is 0. The van der Waals surface area contributed by atoms with Crippen molar-refractivity contribution in [3.05, 3.63) is 59.5 Å². The normalized spacial score (nSPS) is 16.8. The van der Waals surface area contributed by atoms with Crippen LogP contribution in [0.5, 0.6) is 0 Å². The maximum absolute atomic E-state index is 12.9. The van der Waals surface area contributed by atoms with Crippen LogP contribution in [-0.2, 0) is 17.7 Å². The fourth-order valence-electron chi connectivity index (χ4n) is 3.91. The summed E-state index contributed by atoms with van der Waals surface area (Å²) in [4.78, 5) is 24.2. The van der Waals surface area contributed by atoms with Crippen LogP contribution in [0.1, 0.15) is 41.0 Å². The molecular formula is C22H26N4O2. The molecule has 1 fully saturated rings. The van der Waals surface area contributed by atoms with E-state index < -0.39 is 0 Å². The van der Waals surface area contributed by atoms with Crippen LogP contribution < -0.4 is 0 Å². The molecule has 146 valence electrons. The molecule has 1 aliphatic heterocycles. The van der Waals surface area contributed by atoms with Gasteiger partial charge in [0, 0.05) is 44.4 Å². The number of likely N-dealkylation sites (tertiary alicyclic amines) is 1. The lowest BCUT2D eigenvalue weighted by molar-refractivity contribution is 0.0790. The molecule has 0 radical (unpaired) electrons. The summed E-state index contributed by atoms with van der Waals surface area (Å²) in [5.41, 5.74) is 3.78. The van der Waals surface area contributed by atoms with Crippen molar-refractivity contribution in [1.29, 1.82) is 0 Å². The number of amides is 1. The number of nitrogens with zero attached hydrogens (tertiary/aromatic N) is 4. The predicted octanol–water partition coefficient (Wildman–Crippen LogP) is 3.27. The van der Waals surface area contributed by atoms with Gasteiger partial charge in [-0.2, -0.15) is 0 Å². The Kier molecular flexibility index (Phi) is 5.39. The van der Waals surface area contributed by atoms with E-state index in [2.05, 4.69) is 16.5 Å². The molecule has 0 bridgehead atoms. The first-order valence-corrected chi connectivity index (χ1v) is 9.89. The number of aromatic nitrogens is 3. The van der Waals surface area contributed by atoms with Gasteiger partial charge in [0.15, 0.2) is 5.65 Å². The third-order valence-corrected chi connectivity index (χ3v) is 5.50. The minimum Gasteiger partial charge on any atom is -0.383 e. The van der Waals surface area contributed by atoms with Gasteiger partial charge in [-0.3, -0.25) is 4.79 Å². The van der Waals surface area contributed by atoms with Gasteiger partial charge in [0.05, 0.1) is 6.61 Å². The summed E-state index contributed by atoms with van der Waals surface area (Å²) >= 11 is 0. The number of ether oxygens (including phenoxy) is 1. The second-order valence-electron chi connectivity index (χ2n) is 7.25. The van der Waals surface area contributed by atoms with Crippen molar-refractivity contribution >= 4 is 17.1 Å². The van der Waals surface area contributed by atoms with Gasteiger partial charge in [-0.1, -0.05) is 19.1 Å². The molecule has 0 N–H and O–H groups in total. The Morgan fingerprint density at radius 2 is 2.07 bits per heavy atom. The summed E-state index contributed by atoms with van der Waals surface area (Å²) in [7, 11) is 1.70. The number of carbonyl (C=O) groups excluding carboxylic acids is 1. The van der Waals surface area contributed by atoms with E-state index in [0.29, 0.717) is 19.7 Å². The number of pyridine rings is 1. The molecule has 0 aliphatic carbocycles. The Morgan fingerprint density at radius 3 is 2.82 bits per heavy atom. The zero-order chi connectivity index (χ0) is 19.5. The highest BCUT2D eigenvalue weighted by molar-refractivity contribution is 5.94. The second kappa shape index (κ2) is 8.10. The average molecular weight is 378 g/mol. The summed E-state index contributed by atoms with van der Waals surface area (Å²) in [6.45, 7) is 4.87. The van der Waals surface area contributed by atoms with E-state index in [4.69, 9.17) is 9.72 Å². The van der Waals surface area contributed by atoms with Crippen LogP contribution in [0, 0.1) is 0 Å². The third-order valence-electron chi connectivity index (χ3n) is 5.50. The highest BCUT2D eigenvalue weighted by Crippen LogP contribution is 2.30. The van der Waals surface area contributed by atoms with E-state index in [0.717, 1.165) is 41.9 Å². The minimum absolute atomic E-state index is 0.0998. The molecule has 1 atom stereocenters. The van der Waals surface area contributed by atoms with E-state index in [1.807, 2.05) is 41.3 Å². The second-order valence-corrected chi connectivity index (χ2v) is 7.25. The number of rotatable bonds is 6. The fraction of sp³-hybridized carbons (Fsp3) is 0.409. The molecule has 3 aromatic rings. The van der Waals surface area contributed by atoms with E-state index in [1.165, 1.54) is 5.56 Å². The van der Waals surface area contributed by atoms with E-state index in [9.17, 15) is 4.79 Å². The molecule has 0 unspecified atom stereocenters. The molecule has 6 nitrogen and oxygen atoms in total. The van der Waals surface area contributed by atoms with Gasteiger partial charge < -0.3 is 14.2 Å². The van der Waals surface area contributed by atoms with Gasteiger partial charge in [-0.15, -0.1) is 0 Å². The molecule has 1 amide bonds. The van der Waals surface area contributed by atoms with Crippen LogP contribution >= 0.6 is 0 Å². The number of aryl methyl sites for hydroxylation is 1. The van der Waals surface area contributed by atoms with Crippen molar-refractivity contribution < 1.29 is 9.53 Å². The quantitative estimate of drug-likeness (QED) is 0.661. The number of hydrogen-bond donors (Lipinski definition) is 0. The highest BCUT2D eigenvalue weighted by Gasteiger charge is 2.31. The average Bonchev–Trinajstić information content (AvgIpc) is 3.36. The number of hydrogen-bond acceptors (Lipinski definition) is 4. The lowest BCUT2D eigenvalue weighted by Gasteiger charge is -2.17. The molecule has 6 heteroatoms. The van der Waals surface area contributed by atoms with Gasteiger partial charge in [-0.25, -0.2) is 9.97 Å². The Balaban J connectivity index is 1.55. The Morgan fingerprint density at radius 1 is 1.25 bits per heavy atom. The Bertz CT molecular complexity index is 964. The summed E-state index contributed by atoms with van der Waals surface area (Å²) in [6.07, 6.45) is 3.68. The van der Waals surface area contributed by atoms with Gasteiger partial charge in [0.25, 0.3) is 5.91 Å². The molecule has 0 saturated carbocycles. The molecule has 1 aromatic carbocycles. The molecule has 0 spiro atoms. The number of benzene rings is 1. The van der Waals surface area contributed by atoms with Gasteiger partial charge in [0.1, 0.15) is 11.3 Å². The zero-order valence-electron chi connectivity index (χ0n) is 16.5. The molecular weight excluding hydrogens is 352 g/mol. The van der Waals surface area contributed by atoms with E-state index >= 15 is 0 Å². The topological polar surface area (TPSA) is 60.2 Å². The molecule has 3 heterocycles. The van der Waals surface area contributed by atoms with E-state index in [1.54, 1.807) is 13.3 Å². The summed E-state index contributed by atoms with van der Waals surface area (Å²) in [6, 6.07) is 11.8. The molecule has 4 rings (SSSR count). The highest BCUT2D eigenvalue weighted by atomic mass is 16.5. The van der Waals surface area contributed by atoms with Crippen LogP contribution in [0.4, 0.5) is 0 Å². The van der Waals surface area contributed by atoms with Gasteiger partial charge >= 0.3 is 0 Å². The van der Waals surface area contributed by atoms with Crippen LogP contribution in [0.2, 0.25) is 0 Å². The Labute approximate surface area is 165 Å². The van der Waals surface area contributed by atoms with Gasteiger partial charge in [0.2, 0.25) is 0 Å². The van der Waals surface area contributed by atoms with Crippen LogP contribution in [-0.4, -0.2) is 52.1 Å². The number of imidazole rings is 1.